The molecule has 0 heterocycles. The van der Waals surface area contributed by atoms with Gasteiger partial charge in [-0.1, -0.05) is 37.8 Å². The van der Waals surface area contributed by atoms with Crippen molar-refractivity contribution in [1.29, 1.82) is 0 Å². The first-order valence-electron chi connectivity index (χ1n) is 8.03. The van der Waals surface area contributed by atoms with Crippen molar-refractivity contribution in [2.75, 3.05) is 11.0 Å². The molecule has 0 bridgehead atoms. The SMILES string of the molecule is CS(=O)(=O)Nc1cccc(CNC(=O)NC2CCCCCC2)c1. The van der Waals surface area contributed by atoms with Crippen LogP contribution in [0.15, 0.2) is 24.3 Å². The Morgan fingerprint density at radius 3 is 2.52 bits per heavy atom. The van der Waals surface area contributed by atoms with Crippen LogP contribution in [0.1, 0.15) is 44.1 Å². The molecular weight excluding hydrogens is 314 g/mol. The van der Waals surface area contributed by atoms with Crippen LogP contribution in [0.3, 0.4) is 0 Å². The number of urea groups is 1. The van der Waals surface area contributed by atoms with Gasteiger partial charge in [0.2, 0.25) is 10.0 Å². The molecule has 6 nitrogen and oxygen atoms in total. The number of hydrogen-bond donors (Lipinski definition) is 3. The molecule has 1 fully saturated rings. The van der Waals surface area contributed by atoms with E-state index in [0.29, 0.717) is 12.2 Å². The third-order valence-electron chi connectivity index (χ3n) is 3.87. The Bertz CT molecular complexity index is 623. The Balaban J connectivity index is 1.82. The van der Waals surface area contributed by atoms with Gasteiger partial charge in [-0.05, 0) is 30.5 Å². The van der Waals surface area contributed by atoms with Crippen LogP contribution in [0.2, 0.25) is 0 Å². The molecule has 1 aromatic rings. The number of carbonyl (C=O) groups is 1. The predicted octanol–water partition coefficient (Wildman–Crippen LogP) is 2.58. The molecule has 128 valence electrons. The zero-order valence-electron chi connectivity index (χ0n) is 13.5. The van der Waals surface area contributed by atoms with Crippen LogP contribution in [0, 0.1) is 0 Å². The van der Waals surface area contributed by atoms with E-state index in [1.807, 2.05) is 6.07 Å². The summed E-state index contributed by atoms with van der Waals surface area (Å²) in [5, 5.41) is 5.85. The Kier molecular flexibility index (Phi) is 6.27. The Labute approximate surface area is 138 Å². The third-order valence-corrected chi connectivity index (χ3v) is 4.48. The second-order valence-electron chi connectivity index (χ2n) is 6.09. The van der Waals surface area contributed by atoms with Gasteiger partial charge in [0.25, 0.3) is 0 Å². The topological polar surface area (TPSA) is 87.3 Å². The zero-order valence-corrected chi connectivity index (χ0v) is 14.3. The zero-order chi connectivity index (χ0) is 16.7. The first-order chi connectivity index (χ1) is 10.9. The van der Waals surface area contributed by atoms with Crippen LogP contribution >= 0.6 is 0 Å². The first kappa shape index (κ1) is 17.6. The molecule has 0 radical (unpaired) electrons. The third kappa shape index (κ3) is 6.90. The molecule has 0 saturated heterocycles. The number of nitrogens with one attached hydrogen (secondary N) is 3. The molecule has 0 spiro atoms. The van der Waals surface area contributed by atoms with Gasteiger partial charge in [0.15, 0.2) is 0 Å². The number of amides is 2. The van der Waals surface area contributed by atoms with E-state index in [0.717, 1.165) is 24.7 Å². The molecule has 23 heavy (non-hydrogen) atoms. The fourth-order valence-corrected chi connectivity index (χ4v) is 3.36. The van der Waals surface area contributed by atoms with E-state index in [4.69, 9.17) is 0 Å². The van der Waals surface area contributed by atoms with E-state index in [1.54, 1.807) is 18.2 Å². The molecule has 2 amide bonds. The number of carbonyl (C=O) groups excluding carboxylic acids is 1. The van der Waals surface area contributed by atoms with Crippen molar-refractivity contribution in [3.63, 3.8) is 0 Å². The Morgan fingerprint density at radius 1 is 1.17 bits per heavy atom. The van der Waals surface area contributed by atoms with Crippen LogP contribution < -0.4 is 15.4 Å². The molecule has 1 saturated carbocycles. The van der Waals surface area contributed by atoms with Gasteiger partial charge in [-0.15, -0.1) is 0 Å². The van der Waals surface area contributed by atoms with Crippen molar-refractivity contribution in [2.45, 2.75) is 51.1 Å². The van der Waals surface area contributed by atoms with Crippen molar-refractivity contribution in [2.24, 2.45) is 0 Å². The highest BCUT2D eigenvalue weighted by Gasteiger charge is 2.14. The number of sulfonamides is 1. The summed E-state index contributed by atoms with van der Waals surface area (Å²) in [5.41, 5.74) is 1.34. The lowest BCUT2D eigenvalue weighted by atomic mass is 10.1. The first-order valence-corrected chi connectivity index (χ1v) is 9.92. The monoisotopic (exact) mass is 339 g/mol. The van der Waals surface area contributed by atoms with Crippen LogP contribution in [-0.4, -0.2) is 26.7 Å². The molecule has 0 aliphatic heterocycles. The highest BCUT2D eigenvalue weighted by Crippen LogP contribution is 2.17. The van der Waals surface area contributed by atoms with Crippen molar-refractivity contribution in [1.82, 2.24) is 10.6 Å². The molecule has 0 atom stereocenters. The van der Waals surface area contributed by atoms with Gasteiger partial charge < -0.3 is 10.6 Å². The number of anilines is 1. The van der Waals surface area contributed by atoms with Crippen LogP contribution in [-0.2, 0) is 16.6 Å². The molecule has 7 heteroatoms. The van der Waals surface area contributed by atoms with Crippen LogP contribution in [0.4, 0.5) is 10.5 Å². The van der Waals surface area contributed by atoms with Crippen molar-refractivity contribution in [3.05, 3.63) is 29.8 Å². The van der Waals surface area contributed by atoms with Gasteiger partial charge in [0, 0.05) is 18.3 Å². The van der Waals surface area contributed by atoms with Gasteiger partial charge in [-0.25, -0.2) is 13.2 Å². The summed E-state index contributed by atoms with van der Waals surface area (Å²) in [7, 11) is -3.30. The fraction of sp³-hybridized carbons (Fsp3) is 0.562. The minimum Gasteiger partial charge on any atom is -0.335 e. The quantitative estimate of drug-likeness (QED) is 0.721. The largest absolute Gasteiger partial charge is 0.335 e. The lowest BCUT2D eigenvalue weighted by Gasteiger charge is -2.17. The standard InChI is InChI=1S/C16H25N3O3S/c1-23(21,22)19-15-10-6-7-13(11-15)12-17-16(20)18-14-8-4-2-3-5-9-14/h6-7,10-11,14,19H,2-5,8-9,12H2,1H3,(H2,17,18,20). The number of hydrogen-bond acceptors (Lipinski definition) is 3. The number of rotatable bonds is 5. The Morgan fingerprint density at radius 2 is 1.87 bits per heavy atom. The highest BCUT2D eigenvalue weighted by molar-refractivity contribution is 7.92. The lowest BCUT2D eigenvalue weighted by Crippen LogP contribution is -2.41. The van der Waals surface area contributed by atoms with E-state index in [9.17, 15) is 13.2 Å². The number of benzene rings is 1. The molecule has 1 aliphatic rings. The molecule has 3 N–H and O–H groups in total. The van der Waals surface area contributed by atoms with E-state index < -0.39 is 10.0 Å². The summed E-state index contributed by atoms with van der Waals surface area (Å²) < 4.78 is 24.9. The molecule has 0 aromatic heterocycles. The fourth-order valence-electron chi connectivity index (χ4n) is 2.80. The summed E-state index contributed by atoms with van der Waals surface area (Å²) in [4.78, 5) is 12.0. The Hall–Kier alpha value is -1.76. The maximum absolute atomic E-state index is 12.0. The molecule has 1 aromatic carbocycles. The lowest BCUT2D eigenvalue weighted by molar-refractivity contribution is 0.235. The summed E-state index contributed by atoms with van der Waals surface area (Å²) in [6.45, 7) is 0.359. The van der Waals surface area contributed by atoms with Gasteiger partial charge in [0.05, 0.1) is 6.26 Å². The molecule has 1 aliphatic carbocycles. The van der Waals surface area contributed by atoms with E-state index in [-0.39, 0.29) is 12.1 Å². The highest BCUT2D eigenvalue weighted by atomic mass is 32.2. The smallest absolute Gasteiger partial charge is 0.315 e. The van der Waals surface area contributed by atoms with Crippen LogP contribution in [0.25, 0.3) is 0 Å². The van der Waals surface area contributed by atoms with Gasteiger partial charge in [-0.2, -0.15) is 0 Å². The van der Waals surface area contributed by atoms with Crippen molar-refractivity contribution in [3.8, 4) is 0 Å². The summed E-state index contributed by atoms with van der Waals surface area (Å²) in [6.07, 6.45) is 8.04. The van der Waals surface area contributed by atoms with Crippen molar-refractivity contribution < 1.29 is 13.2 Å². The molecule has 2 rings (SSSR count). The van der Waals surface area contributed by atoms with E-state index >= 15 is 0 Å². The van der Waals surface area contributed by atoms with E-state index in [1.165, 1.54) is 25.7 Å². The second kappa shape index (κ2) is 8.19. The van der Waals surface area contributed by atoms with Crippen LogP contribution in [0.5, 0.6) is 0 Å². The average Bonchev–Trinajstić information content (AvgIpc) is 2.72. The van der Waals surface area contributed by atoms with Crippen molar-refractivity contribution >= 4 is 21.7 Å². The summed E-state index contributed by atoms with van der Waals surface area (Å²) >= 11 is 0. The van der Waals surface area contributed by atoms with Gasteiger partial charge >= 0.3 is 6.03 Å². The summed E-state index contributed by atoms with van der Waals surface area (Å²) in [5.74, 6) is 0. The predicted molar refractivity (Wildman–Crippen MR) is 91.8 cm³/mol. The second-order valence-corrected chi connectivity index (χ2v) is 7.84. The average molecular weight is 339 g/mol. The maximum Gasteiger partial charge on any atom is 0.315 e. The molecular formula is C16H25N3O3S. The summed E-state index contributed by atoms with van der Waals surface area (Å²) in [6, 6.07) is 7.09. The molecule has 0 unspecified atom stereocenters. The minimum absolute atomic E-state index is 0.168. The van der Waals surface area contributed by atoms with Gasteiger partial charge in [0.1, 0.15) is 0 Å². The van der Waals surface area contributed by atoms with Gasteiger partial charge in [-0.3, -0.25) is 4.72 Å². The maximum atomic E-state index is 12.0. The minimum atomic E-state index is -3.30. The normalized spacial score (nSPS) is 16.4. The van der Waals surface area contributed by atoms with E-state index in [2.05, 4.69) is 15.4 Å².